The van der Waals surface area contributed by atoms with Gasteiger partial charge in [-0.3, -0.25) is 0 Å². The molecule has 1 atom stereocenters. The zero-order valence-corrected chi connectivity index (χ0v) is 20.5. The van der Waals surface area contributed by atoms with Gasteiger partial charge in [-0.25, -0.2) is 4.98 Å². The third-order valence-corrected chi connectivity index (χ3v) is 5.62. The normalized spacial score (nSPS) is 13.0. The molecule has 0 saturated heterocycles. The van der Waals surface area contributed by atoms with Crippen LogP contribution >= 0.6 is 15.9 Å². The predicted molar refractivity (Wildman–Crippen MR) is 126 cm³/mol. The van der Waals surface area contributed by atoms with Crippen molar-refractivity contribution >= 4 is 33.4 Å². The molecule has 0 aliphatic rings. The first-order chi connectivity index (χ1) is 16.7. The van der Waals surface area contributed by atoms with Crippen molar-refractivity contribution in [2.45, 2.75) is 32.4 Å². The zero-order chi connectivity index (χ0) is 26.7. The second-order valence-corrected chi connectivity index (χ2v) is 8.89. The zero-order valence-electron chi connectivity index (χ0n) is 18.9. The van der Waals surface area contributed by atoms with Gasteiger partial charge in [-0.2, -0.15) is 18.2 Å². The Kier molecular flexibility index (Phi) is 8.34. The van der Waals surface area contributed by atoms with Crippen molar-refractivity contribution in [3.05, 3.63) is 58.6 Å². The molecule has 36 heavy (non-hydrogen) atoms. The van der Waals surface area contributed by atoms with Gasteiger partial charge >= 0.3 is 12.5 Å². The summed E-state index contributed by atoms with van der Waals surface area (Å²) in [6.07, 6.45) is -9.41. The third-order valence-electron chi connectivity index (χ3n) is 4.96. The Morgan fingerprint density at radius 2 is 1.72 bits per heavy atom. The van der Waals surface area contributed by atoms with Gasteiger partial charge in [0.15, 0.2) is 0 Å². The van der Waals surface area contributed by atoms with Crippen LogP contribution in [-0.4, -0.2) is 34.1 Å². The number of anilines is 3. The minimum atomic E-state index is -4.88. The molecule has 6 nitrogen and oxygen atoms in total. The summed E-state index contributed by atoms with van der Waals surface area (Å²) in [6.45, 7) is 3.47. The molecule has 1 heterocycles. The molecule has 3 aromatic rings. The predicted octanol–water partition coefficient (Wildman–Crippen LogP) is 7.00. The number of rotatable bonds is 8. The summed E-state index contributed by atoms with van der Waals surface area (Å²) in [4.78, 5) is 8.67. The van der Waals surface area contributed by atoms with E-state index in [9.17, 15) is 31.4 Å². The second-order valence-electron chi connectivity index (χ2n) is 8.03. The molecular formula is C23H21BrF6N4O2. The summed E-state index contributed by atoms with van der Waals surface area (Å²) in [5.41, 5.74) is -0.127. The van der Waals surface area contributed by atoms with Gasteiger partial charge in [-0.1, -0.05) is 26.0 Å². The van der Waals surface area contributed by atoms with Crippen molar-refractivity contribution in [2.75, 3.05) is 17.2 Å². The molecule has 0 bridgehead atoms. The molecule has 2 aromatic carbocycles. The SMILES string of the molecule is CC(C)[C@@H](CO)Nc1nc(Nc2ccc(C(F)(F)F)cc2Br)cc(-c2cccc(OC(F)(F)F)c2)n1. The molecule has 0 fully saturated rings. The van der Waals surface area contributed by atoms with Crippen LogP contribution in [0.3, 0.4) is 0 Å². The number of alkyl halides is 6. The molecule has 13 heteroatoms. The summed E-state index contributed by atoms with van der Waals surface area (Å²) in [5, 5.41) is 15.5. The monoisotopic (exact) mass is 578 g/mol. The van der Waals surface area contributed by atoms with E-state index in [0.29, 0.717) is 0 Å². The number of aromatic nitrogens is 2. The molecule has 0 saturated carbocycles. The van der Waals surface area contributed by atoms with Crippen molar-refractivity contribution in [1.29, 1.82) is 0 Å². The quantitative estimate of drug-likeness (QED) is 0.250. The first-order valence-corrected chi connectivity index (χ1v) is 11.3. The van der Waals surface area contributed by atoms with Crippen molar-refractivity contribution in [3.8, 4) is 17.0 Å². The first kappa shape index (κ1) is 27.5. The smallest absolute Gasteiger partial charge is 0.406 e. The molecule has 0 unspecified atom stereocenters. The molecule has 0 radical (unpaired) electrons. The first-order valence-electron chi connectivity index (χ1n) is 10.5. The Morgan fingerprint density at radius 3 is 2.31 bits per heavy atom. The molecule has 0 amide bonds. The van der Waals surface area contributed by atoms with E-state index >= 15 is 0 Å². The van der Waals surface area contributed by atoms with E-state index < -0.39 is 29.9 Å². The Hall–Kier alpha value is -3.06. The average Bonchev–Trinajstić information content (AvgIpc) is 2.77. The third kappa shape index (κ3) is 7.47. The van der Waals surface area contributed by atoms with E-state index in [1.807, 2.05) is 13.8 Å². The van der Waals surface area contributed by atoms with Crippen LogP contribution in [0.1, 0.15) is 19.4 Å². The van der Waals surface area contributed by atoms with Crippen LogP contribution in [0, 0.1) is 5.92 Å². The van der Waals surface area contributed by atoms with Crippen LogP contribution in [0.4, 0.5) is 43.8 Å². The molecular weight excluding hydrogens is 558 g/mol. The van der Waals surface area contributed by atoms with Gasteiger partial charge in [0.1, 0.15) is 11.6 Å². The molecule has 0 aliphatic carbocycles. The van der Waals surface area contributed by atoms with Gasteiger partial charge in [0, 0.05) is 16.1 Å². The van der Waals surface area contributed by atoms with E-state index in [4.69, 9.17) is 0 Å². The van der Waals surface area contributed by atoms with Crippen molar-refractivity contribution in [3.63, 3.8) is 0 Å². The topological polar surface area (TPSA) is 79.3 Å². The highest BCUT2D eigenvalue weighted by Crippen LogP contribution is 2.35. The summed E-state index contributed by atoms with van der Waals surface area (Å²) >= 11 is 3.11. The van der Waals surface area contributed by atoms with Crippen LogP contribution in [0.5, 0.6) is 5.75 Å². The lowest BCUT2D eigenvalue weighted by molar-refractivity contribution is -0.274. The molecule has 3 N–H and O–H groups in total. The van der Waals surface area contributed by atoms with Crippen molar-refractivity contribution in [2.24, 2.45) is 5.92 Å². The highest BCUT2D eigenvalue weighted by Gasteiger charge is 2.32. The average molecular weight is 579 g/mol. The molecule has 0 spiro atoms. The molecule has 1 aromatic heterocycles. The number of ether oxygens (including phenoxy) is 1. The molecule has 3 rings (SSSR count). The molecule has 0 aliphatic heterocycles. The minimum absolute atomic E-state index is 0.0220. The fourth-order valence-corrected chi connectivity index (χ4v) is 3.57. The highest BCUT2D eigenvalue weighted by molar-refractivity contribution is 9.10. The maximum atomic E-state index is 13.0. The number of halogens is 7. The van der Waals surface area contributed by atoms with Crippen LogP contribution < -0.4 is 15.4 Å². The van der Waals surface area contributed by atoms with Crippen molar-refractivity contribution in [1.82, 2.24) is 9.97 Å². The lowest BCUT2D eigenvalue weighted by Gasteiger charge is -2.21. The fourth-order valence-electron chi connectivity index (χ4n) is 3.10. The van der Waals surface area contributed by atoms with E-state index in [1.54, 1.807) is 0 Å². The summed E-state index contributed by atoms with van der Waals surface area (Å²) in [7, 11) is 0. The maximum Gasteiger partial charge on any atom is 0.573 e. The van der Waals surface area contributed by atoms with Crippen LogP contribution in [-0.2, 0) is 6.18 Å². The van der Waals surface area contributed by atoms with Crippen LogP contribution in [0.2, 0.25) is 0 Å². The largest absolute Gasteiger partial charge is 0.573 e. The lowest BCUT2D eigenvalue weighted by atomic mass is 10.1. The number of aliphatic hydroxyl groups is 1. The van der Waals surface area contributed by atoms with Crippen LogP contribution in [0.25, 0.3) is 11.3 Å². The number of benzene rings is 2. The van der Waals surface area contributed by atoms with E-state index in [2.05, 4.69) is 41.3 Å². The number of nitrogens with one attached hydrogen (secondary N) is 2. The summed E-state index contributed by atoms with van der Waals surface area (Å²) in [6, 6.07) is 9.14. The Balaban J connectivity index is 2.02. The Labute approximate surface area is 210 Å². The summed E-state index contributed by atoms with van der Waals surface area (Å²) < 4.78 is 81.1. The van der Waals surface area contributed by atoms with Gasteiger partial charge in [0.05, 0.1) is 29.6 Å². The number of aliphatic hydroxyl groups excluding tert-OH is 1. The highest BCUT2D eigenvalue weighted by atomic mass is 79.9. The van der Waals surface area contributed by atoms with Crippen LogP contribution in [0.15, 0.2) is 53.0 Å². The van der Waals surface area contributed by atoms with Gasteiger partial charge in [-0.05, 0) is 52.2 Å². The van der Waals surface area contributed by atoms with E-state index in [-0.39, 0.29) is 45.7 Å². The van der Waals surface area contributed by atoms with Gasteiger partial charge in [-0.15, -0.1) is 13.2 Å². The number of nitrogens with zero attached hydrogens (tertiary/aromatic N) is 2. The Bertz CT molecular complexity index is 1200. The van der Waals surface area contributed by atoms with E-state index in [1.165, 1.54) is 24.3 Å². The van der Waals surface area contributed by atoms with Gasteiger partial charge in [0.25, 0.3) is 0 Å². The molecule has 194 valence electrons. The van der Waals surface area contributed by atoms with E-state index in [0.717, 1.165) is 24.3 Å². The second kappa shape index (κ2) is 10.9. The number of hydrogen-bond acceptors (Lipinski definition) is 6. The Morgan fingerprint density at radius 1 is 1.00 bits per heavy atom. The summed E-state index contributed by atoms with van der Waals surface area (Å²) in [5.74, 6) is -0.284. The van der Waals surface area contributed by atoms with Gasteiger partial charge in [0.2, 0.25) is 5.95 Å². The lowest BCUT2D eigenvalue weighted by Crippen LogP contribution is -2.30. The fraction of sp³-hybridized carbons (Fsp3) is 0.304. The minimum Gasteiger partial charge on any atom is -0.406 e. The van der Waals surface area contributed by atoms with Crippen molar-refractivity contribution < 1.29 is 36.2 Å². The maximum absolute atomic E-state index is 13.0. The number of hydrogen-bond donors (Lipinski definition) is 3. The van der Waals surface area contributed by atoms with Gasteiger partial charge < -0.3 is 20.5 Å². The standard InChI is InChI=1S/C23H21BrF6N4O2/c1-12(2)19(11-35)33-21-32-18(13-4-3-5-15(8-13)36-23(28,29)30)10-20(34-21)31-17-7-6-14(9-16(17)24)22(25,26)27/h3-10,12,19,35H,11H2,1-2H3,(H2,31,32,33,34)/t19-/m1/s1.